The van der Waals surface area contributed by atoms with E-state index >= 15 is 0 Å². The van der Waals surface area contributed by atoms with Gasteiger partial charge in [0.2, 0.25) is 0 Å². The Morgan fingerprint density at radius 2 is 2.26 bits per heavy atom. The Labute approximate surface area is 111 Å². The summed E-state index contributed by atoms with van der Waals surface area (Å²) in [6, 6.07) is 3.13. The molecule has 0 radical (unpaired) electrons. The van der Waals surface area contributed by atoms with Gasteiger partial charge in [-0.25, -0.2) is 9.48 Å². The first kappa shape index (κ1) is 13.0. The lowest BCUT2D eigenvalue weighted by Crippen LogP contribution is -2.22. The summed E-state index contributed by atoms with van der Waals surface area (Å²) in [5.41, 5.74) is 0.932. The molecule has 2 N–H and O–H groups in total. The predicted octanol–water partition coefficient (Wildman–Crippen LogP) is 2.04. The first-order valence-corrected chi connectivity index (χ1v) is 6.08. The van der Waals surface area contributed by atoms with Crippen LogP contribution >= 0.6 is 0 Å². The standard InChI is InChI=1S/C12H16N6O/c1-3-6-18-11(4-5-14-18)16-12(19)15-10-7-9(2)8-13-17-10/h4-5,7-8H,3,6H2,1-2H3,(H2,15,16,17,19). The Bertz CT molecular complexity index is 565. The normalized spacial score (nSPS) is 10.2. The third kappa shape index (κ3) is 3.51. The van der Waals surface area contributed by atoms with Gasteiger partial charge in [-0.05, 0) is 25.0 Å². The number of amides is 2. The van der Waals surface area contributed by atoms with Crippen molar-refractivity contribution in [1.29, 1.82) is 0 Å². The van der Waals surface area contributed by atoms with E-state index < -0.39 is 0 Å². The number of nitrogens with zero attached hydrogens (tertiary/aromatic N) is 4. The molecule has 2 amide bonds. The summed E-state index contributed by atoms with van der Waals surface area (Å²) in [6.45, 7) is 4.69. The number of carbonyl (C=O) groups is 1. The van der Waals surface area contributed by atoms with Crippen molar-refractivity contribution in [3.05, 3.63) is 30.1 Å². The molecule has 19 heavy (non-hydrogen) atoms. The maximum absolute atomic E-state index is 11.8. The first-order valence-electron chi connectivity index (χ1n) is 6.08. The summed E-state index contributed by atoms with van der Waals surface area (Å²) in [5.74, 6) is 1.07. The van der Waals surface area contributed by atoms with Crippen molar-refractivity contribution in [3.63, 3.8) is 0 Å². The molecule has 2 aromatic heterocycles. The number of hydrogen-bond acceptors (Lipinski definition) is 4. The zero-order valence-electron chi connectivity index (χ0n) is 10.9. The van der Waals surface area contributed by atoms with Gasteiger partial charge in [0.1, 0.15) is 5.82 Å². The van der Waals surface area contributed by atoms with Crippen LogP contribution in [0, 0.1) is 6.92 Å². The molecule has 0 bridgehead atoms. The third-order valence-corrected chi connectivity index (χ3v) is 2.43. The molecule has 2 rings (SSSR count). The van der Waals surface area contributed by atoms with Crippen molar-refractivity contribution < 1.29 is 4.79 Å². The number of rotatable bonds is 4. The molecule has 0 aliphatic carbocycles. The average Bonchev–Trinajstić information content (AvgIpc) is 2.77. The molecule has 7 nitrogen and oxygen atoms in total. The van der Waals surface area contributed by atoms with Crippen LogP contribution in [0.25, 0.3) is 0 Å². The largest absolute Gasteiger partial charge is 0.326 e. The van der Waals surface area contributed by atoms with E-state index in [9.17, 15) is 4.79 Å². The SMILES string of the molecule is CCCn1nccc1NC(=O)Nc1cc(C)cnn1. The van der Waals surface area contributed by atoms with Gasteiger partial charge in [-0.2, -0.15) is 10.2 Å². The quantitative estimate of drug-likeness (QED) is 0.880. The number of aromatic nitrogens is 4. The van der Waals surface area contributed by atoms with Gasteiger partial charge < -0.3 is 0 Å². The van der Waals surface area contributed by atoms with Crippen molar-refractivity contribution in [2.24, 2.45) is 0 Å². The monoisotopic (exact) mass is 260 g/mol. The Hall–Kier alpha value is -2.44. The molecular formula is C12H16N6O. The maximum Gasteiger partial charge on any atom is 0.326 e. The molecule has 0 aromatic carbocycles. The van der Waals surface area contributed by atoms with Gasteiger partial charge in [0, 0.05) is 12.6 Å². The zero-order chi connectivity index (χ0) is 13.7. The minimum absolute atomic E-state index is 0.363. The Morgan fingerprint density at radius 1 is 1.42 bits per heavy atom. The lowest BCUT2D eigenvalue weighted by atomic mass is 10.3. The third-order valence-electron chi connectivity index (χ3n) is 2.43. The molecule has 0 saturated carbocycles. The highest BCUT2D eigenvalue weighted by molar-refractivity contribution is 5.98. The van der Waals surface area contributed by atoms with Gasteiger partial charge in [0.25, 0.3) is 0 Å². The van der Waals surface area contributed by atoms with Crippen molar-refractivity contribution in [2.75, 3.05) is 10.6 Å². The van der Waals surface area contributed by atoms with E-state index in [1.54, 1.807) is 29.2 Å². The first-order chi connectivity index (χ1) is 9.19. The van der Waals surface area contributed by atoms with Crippen LogP contribution in [-0.4, -0.2) is 26.0 Å². The van der Waals surface area contributed by atoms with Gasteiger partial charge in [-0.15, -0.1) is 5.10 Å². The smallest absolute Gasteiger partial charge is 0.292 e. The highest BCUT2D eigenvalue weighted by Gasteiger charge is 2.07. The van der Waals surface area contributed by atoms with Crippen LogP contribution in [-0.2, 0) is 6.54 Å². The molecular weight excluding hydrogens is 244 g/mol. The highest BCUT2D eigenvalue weighted by Crippen LogP contribution is 2.08. The molecule has 0 aliphatic heterocycles. The van der Waals surface area contributed by atoms with E-state index in [1.165, 1.54) is 0 Å². The molecule has 0 spiro atoms. The van der Waals surface area contributed by atoms with E-state index in [1.807, 2.05) is 13.8 Å². The van der Waals surface area contributed by atoms with Crippen LogP contribution in [0.5, 0.6) is 0 Å². The molecule has 0 saturated heterocycles. The fourth-order valence-electron chi connectivity index (χ4n) is 1.62. The average molecular weight is 260 g/mol. The van der Waals surface area contributed by atoms with E-state index in [2.05, 4.69) is 25.9 Å². The minimum atomic E-state index is -0.363. The molecule has 0 aliphatic rings. The van der Waals surface area contributed by atoms with Crippen LogP contribution in [0.4, 0.5) is 16.4 Å². The molecule has 0 atom stereocenters. The maximum atomic E-state index is 11.8. The number of urea groups is 1. The van der Waals surface area contributed by atoms with Gasteiger partial charge in [-0.1, -0.05) is 6.92 Å². The lowest BCUT2D eigenvalue weighted by Gasteiger charge is -2.08. The number of nitrogens with one attached hydrogen (secondary N) is 2. The number of hydrogen-bond donors (Lipinski definition) is 2. The molecule has 2 heterocycles. The van der Waals surface area contributed by atoms with Crippen molar-refractivity contribution in [3.8, 4) is 0 Å². The minimum Gasteiger partial charge on any atom is -0.292 e. The summed E-state index contributed by atoms with van der Waals surface area (Å²) in [5, 5.41) is 17.1. The second kappa shape index (κ2) is 5.94. The molecule has 100 valence electrons. The molecule has 0 unspecified atom stereocenters. The van der Waals surface area contributed by atoms with Crippen LogP contribution in [0.1, 0.15) is 18.9 Å². The summed E-state index contributed by atoms with van der Waals surface area (Å²) in [6.07, 6.45) is 4.22. The lowest BCUT2D eigenvalue weighted by molar-refractivity contribution is 0.262. The fraction of sp³-hybridized carbons (Fsp3) is 0.333. The van der Waals surface area contributed by atoms with Crippen LogP contribution in [0.15, 0.2) is 24.5 Å². The summed E-state index contributed by atoms with van der Waals surface area (Å²) >= 11 is 0. The summed E-state index contributed by atoms with van der Waals surface area (Å²) in [7, 11) is 0. The molecule has 0 fully saturated rings. The van der Waals surface area contributed by atoms with E-state index in [-0.39, 0.29) is 6.03 Å². The van der Waals surface area contributed by atoms with Gasteiger partial charge in [-0.3, -0.25) is 10.6 Å². The van der Waals surface area contributed by atoms with E-state index in [4.69, 9.17) is 0 Å². The molecule has 2 aromatic rings. The Kier molecular flexibility index (Phi) is 4.07. The van der Waals surface area contributed by atoms with Gasteiger partial charge >= 0.3 is 6.03 Å². The topological polar surface area (TPSA) is 84.7 Å². The number of aryl methyl sites for hydroxylation is 2. The van der Waals surface area contributed by atoms with Crippen molar-refractivity contribution in [2.45, 2.75) is 26.8 Å². The van der Waals surface area contributed by atoms with Crippen LogP contribution in [0.2, 0.25) is 0 Å². The second-order valence-corrected chi connectivity index (χ2v) is 4.14. The zero-order valence-corrected chi connectivity index (χ0v) is 10.9. The Balaban J connectivity index is 1.99. The number of anilines is 2. The van der Waals surface area contributed by atoms with Gasteiger partial charge in [0.05, 0.1) is 12.4 Å². The second-order valence-electron chi connectivity index (χ2n) is 4.14. The van der Waals surface area contributed by atoms with Crippen molar-refractivity contribution in [1.82, 2.24) is 20.0 Å². The van der Waals surface area contributed by atoms with Crippen molar-refractivity contribution >= 4 is 17.7 Å². The van der Waals surface area contributed by atoms with E-state index in [0.717, 1.165) is 18.5 Å². The van der Waals surface area contributed by atoms with E-state index in [0.29, 0.717) is 11.6 Å². The highest BCUT2D eigenvalue weighted by atomic mass is 16.2. The van der Waals surface area contributed by atoms with Crippen LogP contribution < -0.4 is 10.6 Å². The summed E-state index contributed by atoms with van der Waals surface area (Å²) < 4.78 is 1.74. The Morgan fingerprint density at radius 3 is 3.00 bits per heavy atom. The fourth-order valence-corrected chi connectivity index (χ4v) is 1.62. The molecule has 7 heteroatoms. The van der Waals surface area contributed by atoms with Gasteiger partial charge in [0.15, 0.2) is 5.82 Å². The number of carbonyl (C=O) groups excluding carboxylic acids is 1. The summed E-state index contributed by atoms with van der Waals surface area (Å²) in [4.78, 5) is 11.8. The van der Waals surface area contributed by atoms with Crippen LogP contribution in [0.3, 0.4) is 0 Å². The predicted molar refractivity (Wildman–Crippen MR) is 71.9 cm³/mol.